The Kier molecular flexibility index (Phi) is 5.15. The van der Waals surface area contributed by atoms with Gasteiger partial charge in [-0.3, -0.25) is 25.8 Å². The Morgan fingerprint density at radius 3 is 2.77 bits per heavy atom. The van der Waals surface area contributed by atoms with Gasteiger partial charge in [-0.05, 0) is 38.8 Å². The van der Waals surface area contributed by atoms with Gasteiger partial charge < -0.3 is 0 Å². The van der Waals surface area contributed by atoms with Crippen molar-refractivity contribution in [2.24, 2.45) is 10.9 Å². The van der Waals surface area contributed by atoms with Crippen LogP contribution in [-0.4, -0.2) is 46.4 Å². The number of carbonyl (C=O) groups excluding carboxylic acids is 1. The van der Waals surface area contributed by atoms with Crippen molar-refractivity contribution in [1.82, 2.24) is 26.1 Å². The molecule has 26 heavy (non-hydrogen) atoms. The summed E-state index contributed by atoms with van der Waals surface area (Å²) in [6, 6.07) is 3.22. The number of aliphatic imine (C=N–C) groups is 1. The summed E-state index contributed by atoms with van der Waals surface area (Å²) in [5.41, 5.74) is 3.26. The first kappa shape index (κ1) is 18.6. The van der Waals surface area contributed by atoms with Crippen LogP contribution in [-0.2, 0) is 0 Å². The topological polar surface area (TPSA) is 81.6 Å². The number of piperidine rings is 1. The van der Waals surface area contributed by atoms with Crippen LogP contribution in [0.2, 0.25) is 0 Å². The number of hydrogen-bond acceptors (Lipinski definition) is 6. The first-order valence-corrected chi connectivity index (χ1v) is 8.41. The molecule has 1 fully saturated rings. The number of pyridine rings is 1. The molecule has 2 aliphatic rings. The van der Waals surface area contributed by atoms with E-state index >= 15 is 0 Å². The minimum absolute atomic E-state index is 0.00321. The van der Waals surface area contributed by atoms with Crippen LogP contribution in [0.25, 0.3) is 0 Å². The molecule has 0 saturated carbocycles. The lowest BCUT2D eigenvalue weighted by molar-refractivity contribution is -0.198. The second kappa shape index (κ2) is 7.20. The molecule has 1 aromatic rings. The average molecular weight is 370 g/mol. The van der Waals surface area contributed by atoms with Gasteiger partial charge in [-0.25, -0.2) is 4.99 Å². The highest BCUT2D eigenvalue weighted by atomic mass is 19.4. The van der Waals surface area contributed by atoms with Crippen LogP contribution in [0.4, 0.5) is 13.2 Å². The number of nitrogens with zero attached hydrogens (tertiary/aromatic N) is 3. The van der Waals surface area contributed by atoms with E-state index in [1.807, 2.05) is 13.8 Å². The van der Waals surface area contributed by atoms with Crippen molar-refractivity contribution in [3.63, 3.8) is 0 Å². The van der Waals surface area contributed by atoms with Crippen molar-refractivity contribution >= 4 is 11.9 Å². The number of carbonyl (C=O) groups is 1. The van der Waals surface area contributed by atoms with Gasteiger partial charge in [-0.15, -0.1) is 0 Å². The number of alkyl halides is 3. The molecule has 0 radical (unpaired) electrons. The number of fused-ring (bicyclic) bond motifs is 1. The van der Waals surface area contributed by atoms with Crippen molar-refractivity contribution < 1.29 is 18.0 Å². The lowest BCUT2D eigenvalue weighted by Crippen LogP contribution is -2.61. The Morgan fingerprint density at radius 1 is 1.38 bits per heavy atom. The second-order valence-electron chi connectivity index (χ2n) is 6.72. The van der Waals surface area contributed by atoms with Crippen molar-refractivity contribution in [3.05, 3.63) is 30.1 Å². The maximum atomic E-state index is 13.2. The Bertz CT molecular complexity index is 678. The summed E-state index contributed by atoms with van der Waals surface area (Å²) in [5, 5.41) is 7.36. The van der Waals surface area contributed by atoms with Crippen molar-refractivity contribution in [2.75, 3.05) is 0 Å². The fourth-order valence-corrected chi connectivity index (χ4v) is 3.16. The summed E-state index contributed by atoms with van der Waals surface area (Å²) in [6.45, 7) is 3.74. The molecule has 0 aliphatic carbocycles. The average Bonchev–Trinajstić information content (AvgIpc) is 2.97. The predicted molar refractivity (Wildman–Crippen MR) is 88.7 cm³/mol. The van der Waals surface area contributed by atoms with E-state index in [0.29, 0.717) is 5.56 Å². The van der Waals surface area contributed by atoms with Crippen LogP contribution in [0.5, 0.6) is 0 Å². The highest BCUT2D eigenvalue weighted by Gasteiger charge is 2.49. The van der Waals surface area contributed by atoms with Crippen LogP contribution in [0.3, 0.4) is 0 Å². The number of hydrogen-bond donors (Lipinski definition) is 3. The fourth-order valence-electron chi connectivity index (χ4n) is 3.16. The van der Waals surface area contributed by atoms with E-state index in [-0.39, 0.29) is 24.8 Å². The first-order chi connectivity index (χ1) is 12.2. The molecule has 0 bridgehead atoms. The van der Waals surface area contributed by atoms with Gasteiger partial charge in [0.2, 0.25) is 5.96 Å². The molecule has 3 unspecified atom stereocenters. The zero-order valence-corrected chi connectivity index (χ0v) is 14.4. The van der Waals surface area contributed by atoms with Gasteiger partial charge >= 0.3 is 6.18 Å². The van der Waals surface area contributed by atoms with Crippen LogP contribution in [0, 0.1) is 5.92 Å². The summed E-state index contributed by atoms with van der Waals surface area (Å²) in [5.74, 6) is -1.73. The van der Waals surface area contributed by atoms with E-state index in [1.54, 1.807) is 23.3 Å². The maximum absolute atomic E-state index is 13.2. The van der Waals surface area contributed by atoms with Gasteiger partial charge in [0.15, 0.2) is 0 Å². The molecule has 3 atom stereocenters. The van der Waals surface area contributed by atoms with Gasteiger partial charge in [-0.2, -0.15) is 18.2 Å². The zero-order chi connectivity index (χ0) is 18.9. The Balaban J connectivity index is 1.73. The number of halogens is 3. The largest absolute Gasteiger partial charge is 0.392 e. The molecule has 2 aliphatic heterocycles. The van der Waals surface area contributed by atoms with Crippen LogP contribution in [0.15, 0.2) is 29.5 Å². The third kappa shape index (κ3) is 4.13. The summed E-state index contributed by atoms with van der Waals surface area (Å²) >= 11 is 0. The number of amides is 1. The van der Waals surface area contributed by atoms with Gasteiger partial charge in [-0.1, -0.05) is 0 Å². The molecular weight excluding hydrogens is 349 g/mol. The SMILES string of the molecule is CC(C)NC1CC(C(F)(F)F)CC2N=C(NC(=O)c3cccnc3)NN21. The Hall–Kier alpha value is -2.20. The normalized spacial score (nSPS) is 26.2. The molecule has 7 nitrogen and oxygen atoms in total. The number of rotatable bonds is 3. The minimum Gasteiger partial charge on any atom is -0.298 e. The second-order valence-corrected chi connectivity index (χ2v) is 6.72. The van der Waals surface area contributed by atoms with Crippen molar-refractivity contribution in [1.29, 1.82) is 0 Å². The molecule has 0 spiro atoms. The fraction of sp³-hybridized carbons (Fsp3) is 0.562. The maximum Gasteiger partial charge on any atom is 0.392 e. The highest BCUT2D eigenvalue weighted by molar-refractivity contribution is 6.05. The zero-order valence-electron chi connectivity index (χ0n) is 14.4. The quantitative estimate of drug-likeness (QED) is 0.753. The summed E-state index contributed by atoms with van der Waals surface area (Å²) in [7, 11) is 0. The molecule has 1 amide bonds. The molecule has 1 saturated heterocycles. The van der Waals surface area contributed by atoms with E-state index < -0.39 is 30.3 Å². The van der Waals surface area contributed by atoms with Gasteiger partial charge in [0.05, 0.1) is 17.6 Å². The highest BCUT2D eigenvalue weighted by Crippen LogP contribution is 2.39. The van der Waals surface area contributed by atoms with Crippen LogP contribution < -0.4 is 16.1 Å². The van der Waals surface area contributed by atoms with E-state index in [2.05, 4.69) is 26.0 Å². The van der Waals surface area contributed by atoms with Gasteiger partial charge in [0.25, 0.3) is 5.91 Å². The van der Waals surface area contributed by atoms with E-state index in [9.17, 15) is 18.0 Å². The van der Waals surface area contributed by atoms with Crippen LogP contribution in [0.1, 0.15) is 37.0 Å². The molecular formula is C16H21F3N6O. The van der Waals surface area contributed by atoms with E-state index in [4.69, 9.17) is 0 Å². The number of hydrazine groups is 1. The molecule has 1 aromatic heterocycles. The third-order valence-electron chi connectivity index (χ3n) is 4.32. The predicted octanol–water partition coefficient (Wildman–Crippen LogP) is 1.61. The Labute approximate surface area is 149 Å². The van der Waals surface area contributed by atoms with Crippen molar-refractivity contribution in [3.8, 4) is 0 Å². The van der Waals surface area contributed by atoms with Gasteiger partial charge in [0.1, 0.15) is 6.17 Å². The van der Waals surface area contributed by atoms with Gasteiger partial charge in [0, 0.05) is 18.4 Å². The number of aromatic nitrogens is 1. The molecule has 142 valence electrons. The standard InChI is InChI=1S/C16H21F3N6O/c1-9(2)21-12-6-11(16(17,18)19)7-13-22-15(24-25(12)13)23-14(26)10-4-3-5-20-8-10/h3-5,8-9,11-13,21H,6-7H2,1-2H3,(H2,22,23,24,26). The summed E-state index contributed by atoms with van der Waals surface area (Å²) in [6.07, 6.45) is -2.81. The first-order valence-electron chi connectivity index (χ1n) is 8.41. The lowest BCUT2D eigenvalue weighted by Gasteiger charge is -2.41. The molecule has 10 heteroatoms. The van der Waals surface area contributed by atoms with Crippen LogP contribution >= 0.6 is 0 Å². The van der Waals surface area contributed by atoms with E-state index in [0.717, 1.165) is 0 Å². The lowest BCUT2D eigenvalue weighted by atomic mass is 9.92. The Morgan fingerprint density at radius 2 is 2.15 bits per heavy atom. The number of guanidine groups is 1. The van der Waals surface area contributed by atoms with Crippen molar-refractivity contribution in [2.45, 2.75) is 51.2 Å². The summed E-state index contributed by atoms with van der Waals surface area (Å²) < 4.78 is 39.7. The molecule has 3 heterocycles. The monoisotopic (exact) mass is 370 g/mol. The van der Waals surface area contributed by atoms with E-state index in [1.165, 1.54) is 6.20 Å². The molecule has 3 N–H and O–H groups in total. The minimum atomic E-state index is -4.28. The smallest absolute Gasteiger partial charge is 0.298 e. The third-order valence-corrected chi connectivity index (χ3v) is 4.32. The molecule has 0 aromatic carbocycles. The summed E-state index contributed by atoms with van der Waals surface area (Å²) in [4.78, 5) is 20.3. The molecule has 3 rings (SSSR count). The number of nitrogens with one attached hydrogen (secondary N) is 3.